The van der Waals surface area contributed by atoms with Crippen molar-refractivity contribution in [2.24, 2.45) is 0 Å². The van der Waals surface area contributed by atoms with E-state index in [0.717, 1.165) is 58.1 Å². The van der Waals surface area contributed by atoms with Gasteiger partial charge in [0.1, 0.15) is 6.61 Å². The van der Waals surface area contributed by atoms with Gasteiger partial charge in [-0.25, -0.2) is 14.4 Å². The van der Waals surface area contributed by atoms with Crippen LogP contribution < -0.4 is 5.32 Å². The van der Waals surface area contributed by atoms with E-state index in [-0.39, 0.29) is 42.5 Å². The summed E-state index contributed by atoms with van der Waals surface area (Å²) in [5.41, 5.74) is 7.65. The van der Waals surface area contributed by atoms with Crippen molar-refractivity contribution >= 4 is 61.7 Å². The van der Waals surface area contributed by atoms with Crippen molar-refractivity contribution in [3.05, 3.63) is 122 Å². The molecule has 1 aliphatic carbocycles. The lowest BCUT2D eigenvalue weighted by molar-refractivity contribution is -0.142. The number of carbonyl (C=O) groups excluding carboxylic acids is 4. The summed E-state index contributed by atoms with van der Waals surface area (Å²) in [5.74, 6) is -0.166. The lowest BCUT2D eigenvalue weighted by Crippen LogP contribution is -2.56. The second-order valence-electron chi connectivity index (χ2n) is 17.0. The molecule has 1 unspecified atom stereocenters. The first-order valence-electron chi connectivity index (χ1n) is 21.9. The maximum Gasteiger partial charge on any atom is 0.410 e. The molecule has 0 bridgehead atoms. The van der Waals surface area contributed by atoms with Crippen LogP contribution in [0.2, 0.25) is 0 Å². The minimum Gasteiger partial charge on any atom is -0.448 e. The molecule has 14 heteroatoms. The summed E-state index contributed by atoms with van der Waals surface area (Å²) in [6, 6.07) is 30.6. The summed E-state index contributed by atoms with van der Waals surface area (Å²) in [4.78, 5) is 64.2. The Morgan fingerprint density at radius 3 is 1.92 bits per heavy atom. The van der Waals surface area contributed by atoms with E-state index in [1.807, 2.05) is 69.3 Å². The Hall–Kier alpha value is -4.92. The van der Waals surface area contributed by atoms with Crippen LogP contribution in [0.4, 0.5) is 20.1 Å². The molecule has 12 nitrogen and oxygen atoms in total. The number of rotatable bonds is 8. The standard InChI is InChI=1S/C48H52Br2N6O6/c49-34-27-32(28-35(50)30-34)29-44(62-48(60)54-20-16-37(17-21-54)56-22-13-33-7-1-6-12-43(33)51-46(56)58)45(57)53-18-14-36(15-19-53)52-23-25-55(26-24-52)47(59)61-31-42-40-10-4-2-8-38(40)39-9-3-5-11-41(39)42/h1-12,27-28,30,36-37,42,44H,13-26,29,31H2,(H,51,58). The number of hydrogen-bond donors (Lipinski definition) is 1. The van der Waals surface area contributed by atoms with Gasteiger partial charge in [-0.3, -0.25) is 9.69 Å². The number of likely N-dealkylation sites (tertiary alicyclic amines) is 2. The van der Waals surface area contributed by atoms with Crippen LogP contribution in [0.5, 0.6) is 0 Å². The fraction of sp³-hybridized carbons (Fsp3) is 0.417. The van der Waals surface area contributed by atoms with E-state index in [4.69, 9.17) is 9.47 Å². The molecular formula is C48H52Br2N6O6. The molecule has 0 radical (unpaired) electrons. The number of nitrogens with one attached hydrogen (secondary N) is 1. The maximum atomic E-state index is 14.3. The highest BCUT2D eigenvalue weighted by Gasteiger charge is 2.37. The van der Waals surface area contributed by atoms with Crippen molar-refractivity contribution in [1.82, 2.24) is 24.5 Å². The number of amides is 5. The summed E-state index contributed by atoms with van der Waals surface area (Å²) in [7, 11) is 0. The SMILES string of the molecule is O=C(OCC1c2ccccc2-c2ccccc21)N1CCN(C2CCN(C(=O)C(Cc3cc(Br)cc(Br)c3)OC(=O)N3CCC(N4CCc5ccccc5NC4=O)CC3)CC2)CC1. The van der Waals surface area contributed by atoms with Gasteiger partial charge in [-0.1, -0.05) is 98.6 Å². The zero-order chi connectivity index (χ0) is 42.7. The largest absolute Gasteiger partial charge is 0.448 e. The molecule has 4 aromatic carbocycles. The van der Waals surface area contributed by atoms with E-state index in [0.29, 0.717) is 65.3 Å². The Labute approximate surface area is 379 Å². The number of anilines is 1. The number of carbonyl (C=O) groups is 4. The van der Waals surface area contributed by atoms with E-state index < -0.39 is 12.2 Å². The predicted molar refractivity (Wildman–Crippen MR) is 244 cm³/mol. The zero-order valence-corrected chi connectivity index (χ0v) is 37.9. The summed E-state index contributed by atoms with van der Waals surface area (Å²) in [5, 5.41) is 3.06. The molecule has 9 rings (SSSR count). The molecular weight excluding hydrogens is 916 g/mol. The van der Waals surface area contributed by atoms with Gasteiger partial charge in [-0.15, -0.1) is 0 Å². The van der Waals surface area contributed by atoms with Crippen LogP contribution in [0.3, 0.4) is 0 Å². The minimum absolute atomic E-state index is 0.00186. The van der Waals surface area contributed by atoms with Gasteiger partial charge in [-0.05, 0) is 89.8 Å². The van der Waals surface area contributed by atoms with Gasteiger partial charge in [0.15, 0.2) is 6.10 Å². The second-order valence-corrected chi connectivity index (χ2v) is 18.8. The van der Waals surface area contributed by atoms with E-state index >= 15 is 0 Å². The number of urea groups is 1. The second kappa shape index (κ2) is 18.8. The molecule has 62 heavy (non-hydrogen) atoms. The minimum atomic E-state index is -0.992. The molecule has 324 valence electrons. The highest BCUT2D eigenvalue weighted by molar-refractivity contribution is 9.11. The number of ether oxygens (including phenoxy) is 2. The summed E-state index contributed by atoms with van der Waals surface area (Å²) in [6.45, 7) is 5.57. The Morgan fingerprint density at radius 1 is 0.661 bits per heavy atom. The van der Waals surface area contributed by atoms with Crippen LogP contribution >= 0.6 is 31.9 Å². The number of nitrogens with zero attached hydrogens (tertiary/aromatic N) is 5. The molecule has 0 saturated carbocycles. The molecule has 0 spiro atoms. The normalized spacial score (nSPS) is 19.2. The number of benzene rings is 4. The molecule has 3 fully saturated rings. The van der Waals surface area contributed by atoms with Gasteiger partial charge >= 0.3 is 18.2 Å². The van der Waals surface area contributed by atoms with Gasteiger partial charge in [0, 0.05) is 98.0 Å². The van der Waals surface area contributed by atoms with Gasteiger partial charge in [0.05, 0.1) is 0 Å². The highest BCUT2D eigenvalue weighted by atomic mass is 79.9. The Balaban J connectivity index is 0.765. The van der Waals surface area contributed by atoms with Crippen LogP contribution in [0, 0.1) is 0 Å². The van der Waals surface area contributed by atoms with Crippen LogP contribution in [-0.2, 0) is 27.1 Å². The average Bonchev–Trinajstić information content (AvgIpc) is 3.50. The number of piperazine rings is 1. The van der Waals surface area contributed by atoms with Crippen LogP contribution in [0.1, 0.15) is 53.9 Å². The third kappa shape index (κ3) is 9.23. The monoisotopic (exact) mass is 966 g/mol. The quantitative estimate of drug-likeness (QED) is 0.189. The average molecular weight is 969 g/mol. The van der Waals surface area contributed by atoms with Gasteiger partial charge < -0.3 is 34.4 Å². The molecule has 4 aromatic rings. The van der Waals surface area contributed by atoms with Crippen molar-refractivity contribution in [3.63, 3.8) is 0 Å². The summed E-state index contributed by atoms with van der Waals surface area (Å²) < 4.78 is 13.8. The maximum absolute atomic E-state index is 14.3. The smallest absolute Gasteiger partial charge is 0.410 e. The fourth-order valence-corrected chi connectivity index (χ4v) is 11.4. The van der Waals surface area contributed by atoms with Gasteiger partial charge in [0.25, 0.3) is 5.91 Å². The van der Waals surface area contributed by atoms with Crippen molar-refractivity contribution in [1.29, 1.82) is 0 Å². The molecule has 5 aliphatic rings. The number of fused-ring (bicyclic) bond motifs is 4. The molecule has 4 aliphatic heterocycles. The third-order valence-electron chi connectivity index (χ3n) is 13.4. The first kappa shape index (κ1) is 42.4. The predicted octanol–water partition coefficient (Wildman–Crippen LogP) is 8.37. The molecule has 3 saturated heterocycles. The Morgan fingerprint density at radius 2 is 1.24 bits per heavy atom. The molecule has 5 amide bonds. The van der Waals surface area contributed by atoms with E-state index in [9.17, 15) is 19.2 Å². The van der Waals surface area contributed by atoms with Crippen molar-refractivity contribution in [3.8, 4) is 11.1 Å². The van der Waals surface area contributed by atoms with Crippen LogP contribution in [0.15, 0.2) is 99.9 Å². The van der Waals surface area contributed by atoms with Crippen LogP contribution in [0.25, 0.3) is 11.1 Å². The topological polar surface area (TPSA) is 115 Å². The van der Waals surface area contributed by atoms with Crippen molar-refractivity contribution in [2.45, 2.75) is 62.6 Å². The summed E-state index contributed by atoms with van der Waals surface area (Å²) >= 11 is 7.13. The molecule has 0 aromatic heterocycles. The van der Waals surface area contributed by atoms with E-state index in [2.05, 4.69) is 78.5 Å². The van der Waals surface area contributed by atoms with Crippen molar-refractivity contribution in [2.75, 3.05) is 70.8 Å². The van der Waals surface area contributed by atoms with E-state index in [1.54, 1.807) is 4.90 Å². The number of piperidine rings is 2. The molecule has 1 N–H and O–H groups in total. The first-order valence-corrected chi connectivity index (χ1v) is 23.5. The lowest BCUT2D eigenvalue weighted by Gasteiger charge is -2.43. The van der Waals surface area contributed by atoms with Crippen molar-refractivity contribution < 1.29 is 28.7 Å². The van der Waals surface area contributed by atoms with Gasteiger partial charge in [-0.2, -0.15) is 0 Å². The Bertz CT molecular complexity index is 2240. The third-order valence-corrected chi connectivity index (χ3v) is 14.3. The zero-order valence-electron chi connectivity index (χ0n) is 34.7. The lowest BCUT2D eigenvalue weighted by atomic mass is 9.98. The number of halogens is 2. The fourth-order valence-electron chi connectivity index (χ4n) is 10.0. The number of para-hydroxylation sites is 1. The highest BCUT2D eigenvalue weighted by Crippen LogP contribution is 2.44. The first-order chi connectivity index (χ1) is 30.2. The van der Waals surface area contributed by atoms with Gasteiger partial charge in [0.2, 0.25) is 0 Å². The Kier molecular flexibility index (Phi) is 12.9. The van der Waals surface area contributed by atoms with Crippen LogP contribution in [-0.4, -0.2) is 132 Å². The molecule has 1 atom stereocenters. The molecule has 4 heterocycles. The number of hydrogen-bond acceptors (Lipinski definition) is 7. The van der Waals surface area contributed by atoms with E-state index in [1.165, 1.54) is 22.3 Å². The summed E-state index contributed by atoms with van der Waals surface area (Å²) in [6.07, 6.45) is 2.08.